The van der Waals surface area contributed by atoms with Gasteiger partial charge in [-0.05, 0) is 44.6 Å². The number of nitrogens with zero attached hydrogens (tertiary/aromatic N) is 1. The number of nitrogens with one attached hydrogen (secondary N) is 1. The second-order valence-electron chi connectivity index (χ2n) is 6.68. The Labute approximate surface area is 122 Å². The molecule has 1 aromatic heterocycles. The Morgan fingerprint density at radius 3 is 2.53 bits per heavy atom. The van der Waals surface area contributed by atoms with Crippen molar-refractivity contribution in [3.8, 4) is 0 Å². The fraction of sp³-hybridized carbons (Fsp3) is 0.812. The SMILES string of the molecule is CCNC1(c2nc(CC)c(C)s2)CCCC(C)(C)C1. The Balaban J connectivity index is 2.37. The Kier molecular flexibility index (Phi) is 4.36. The molecule has 0 bridgehead atoms. The second kappa shape index (κ2) is 5.53. The molecule has 1 unspecified atom stereocenters. The van der Waals surface area contributed by atoms with Crippen LogP contribution in [0.4, 0.5) is 0 Å². The minimum Gasteiger partial charge on any atom is -0.306 e. The molecule has 2 nitrogen and oxygen atoms in total. The Hall–Kier alpha value is -0.410. The van der Waals surface area contributed by atoms with Crippen molar-refractivity contribution in [1.29, 1.82) is 0 Å². The highest BCUT2D eigenvalue weighted by atomic mass is 32.1. The van der Waals surface area contributed by atoms with Gasteiger partial charge < -0.3 is 5.32 Å². The highest BCUT2D eigenvalue weighted by Gasteiger charge is 2.42. The largest absolute Gasteiger partial charge is 0.306 e. The normalized spacial score (nSPS) is 26.6. The minimum atomic E-state index is 0.124. The maximum Gasteiger partial charge on any atom is 0.113 e. The van der Waals surface area contributed by atoms with E-state index >= 15 is 0 Å². The molecule has 0 radical (unpaired) electrons. The molecule has 0 saturated heterocycles. The van der Waals surface area contributed by atoms with Gasteiger partial charge in [0.15, 0.2) is 0 Å². The molecule has 2 rings (SSSR count). The third-order valence-electron chi connectivity index (χ3n) is 4.39. The van der Waals surface area contributed by atoms with Crippen LogP contribution in [0.15, 0.2) is 0 Å². The van der Waals surface area contributed by atoms with E-state index in [-0.39, 0.29) is 5.54 Å². The van der Waals surface area contributed by atoms with E-state index in [1.54, 1.807) is 0 Å². The molecular weight excluding hydrogens is 252 g/mol. The molecule has 0 aliphatic heterocycles. The fourth-order valence-electron chi connectivity index (χ4n) is 3.57. The lowest BCUT2D eigenvalue weighted by Crippen LogP contribution is -2.48. The lowest BCUT2D eigenvalue weighted by molar-refractivity contribution is 0.119. The third kappa shape index (κ3) is 3.03. The maximum absolute atomic E-state index is 4.96. The second-order valence-corrected chi connectivity index (χ2v) is 7.89. The monoisotopic (exact) mass is 280 g/mol. The van der Waals surface area contributed by atoms with Crippen molar-refractivity contribution < 1.29 is 0 Å². The molecule has 1 aromatic rings. The van der Waals surface area contributed by atoms with Crippen LogP contribution in [0.25, 0.3) is 0 Å². The first-order chi connectivity index (χ1) is 8.92. The zero-order valence-corrected chi connectivity index (χ0v) is 13.9. The average molecular weight is 280 g/mol. The molecule has 0 aromatic carbocycles. The summed E-state index contributed by atoms with van der Waals surface area (Å²) in [5.41, 5.74) is 1.84. The van der Waals surface area contributed by atoms with Gasteiger partial charge in [0.2, 0.25) is 0 Å². The van der Waals surface area contributed by atoms with Crippen molar-refractivity contribution in [2.75, 3.05) is 6.54 Å². The van der Waals surface area contributed by atoms with Crippen molar-refractivity contribution in [2.45, 2.75) is 72.3 Å². The molecule has 1 heterocycles. The summed E-state index contributed by atoms with van der Waals surface area (Å²) in [6.45, 7) is 12.5. The first-order valence-corrected chi connectivity index (χ1v) is 8.46. The van der Waals surface area contributed by atoms with E-state index in [2.05, 4.69) is 39.9 Å². The molecular formula is C16H28N2S. The van der Waals surface area contributed by atoms with Crippen molar-refractivity contribution in [1.82, 2.24) is 10.3 Å². The third-order valence-corrected chi connectivity index (χ3v) is 5.61. The molecule has 1 fully saturated rings. The first-order valence-electron chi connectivity index (χ1n) is 7.64. The van der Waals surface area contributed by atoms with Crippen LogP contribution in [0.3, 0.4) is 0 Å². The molecule has 19 heavy (non-hydrogen) atoms. The summed E-state index contributed by atoms with van der Waals surface area (Å²) in [6.07, 6.45) is 6.14. The summed E-state index contributed by atoms with van der Waals surface area (Å²) >= 11 is 1.91. The van der Waals surface area contributed by atoms with Crippen LogP contribution in [0.1, 0.15) is 69.0 Å². The van der Waals surface area contributed by atoms with E-state index < -0.39 is 0 Å². The standard InChI is InChI=1S/C16H28N2S/c1-6-13-12(3)19-14(18-13)16(17-7-2)10-8-9-15(4,5)11-16/h17H,6-11H2,1-5H3. The summed E-state index contributed by atoms with van der Waals surface area (Å²) in [5.74, 6) is 0. The minimum absolute atomic E-state index is 0.124. The summed E-state index contributed by atoms with van der Waals surface area (Å²) in [7, 11) is 0. The number of aryl methyl sites for hydroxylation is 2. The molecule has 1 aliphatic carbocycles. The van der Waals surface area contributed by atoms with E-state index in [4.69, 9.17) is 4.98 Å². The highest BCUT2D eigenvalue weighted by Crippen LogP contribution is 2.47. The molecule has 0 spiro atoms. The van der Waals surface area contributed by atoms with Crippen LogP contribution >= 0.6 is 11.3 Å². The summed E-state index contributed by atoms with van der Waals surface area (Å²) < 4.78 is 0. The molecule has 0 amide bonds. The van der Waals surface area contributed by atoms with Gasteiger partial charge in [-0.3, -0.25) is 0 Å². The summed E-state index contributed by atoms with van der Waals surface area (Å²) in [5, 5.41) is 5.11. The van der Waals surface area contributed by atoms with E-state index in [9.17, 15) is 0 Å². The Bertz CT molecular complexity index is 432. The molecule has 1 atom stereocenters. The van der Waals surface area contributed by atoms with Crippen LogP contribution in [0.5, 0.6) is 0 Å². The van der Waals surface area contributed by atoms with Gasteiger partial charge in [0, 0.05) is 4.88 Å². The van der Waals surface area contributed by atoms with Gasteiger partial charge in [-0.2, -0.15) is 0 Å². The number of aromatic nitrogens is 1. The molecule has 1 aliphatic rings. The number of rotatable bonds is 4. The summed E-state index contributed by atoms with van der Waals surface area (Å²) in [6, 6.07) is 0. The van der Waals surface area contributed by atoms with Gasteiger partial charge in [-0.25, -0.2) is 4.98 Å². The van der Waals surface area contributed by atoms with E-state index in [0.717, 1.165) is 13.0 Å². The van der Waals surface area contributed by atoms with Gasteiger partial charge in [0.25, 0.3) is 0 Å². The zero-order chi connectivity index (χ0) is 14.1. The maximum atomic E-state index is 4.96. The van der Waals surface area contributed by atoms with Crippen LogP contribution < -0.4 is 5.32 Å². The Morgan fingerprint density at radius 2 is 2.00 bits per heavy atom. The molecule has 108 valence electrons. The first kappa shape index (κ1) is 15.0. The summed E-state index contributed by atoms with van der Waals surface area (Å²) in [4.78, 5) is 6.37. The van der Waals surface area contributed by atoms with Crippen molar-refractivity contribution in [2.24, 2.45) is 5.41 Å². The van der Waals surface area contributed by atoms with Gasteiger partial charge in [0.05, 0.1) is 11.2 Å². The predicted molar refractivity (Wildman–Crippen MR) is 83.8 cm³/mol. The lowest BCUT2D eigenvalue weighted by Gasteiger charge is -2.44. The average Bonchev–Trinajstić information content (AvgIpc) is 2.70. The van der Waals surface area contributed by atoms with Gasteiger partial charge in [0.1, 0.15) is 5.01 Å². The number of thiazole rings is 1. The topological polar surface area (TPSA) is 24.9 Å². The van der Waals surface area contributed by atoms with Crippen LogP contribution in [-0.2, 0) is 12.0 Å². The van der Waals surface area contributed by atoms with Crippen molar-refractivity contribution in [3.05, 3.63) is 15.6 Å². The van der Waals surface area contributed by atoms with Crippen molar-refractivity contribution >= 4 is 11.3 Å². The number of hydrogen-bond acceptors (Lipinski definition) is 3. The smallest absolute Gasteiger partial charge is 0.113 e. The predicted octanol–water partition coefficient (Wildman–Crippen LogP) is 4.42. The van der Waals surface area contributed by atoms with Gasteiger partial charge in [-0.15, -0.1) is 11.3 Å². The van der Waals surface area contributed by atoms with Gasteiger partial charge in [-0.1, -0.05) is 34.1 Å². The van der Waals surface area contributed by atoms with Crippen molar-refractivity contribution in [3.63, 3.8) is 0 Å². The van der Waals surface area contributed by atoms with Crippen LogP contribution in [0.2, 0.25) is 0 Å². The van der Waals surface area contributed by atoms with Gasteiger partial charge >= 0.3 is 0 Å². The Morgan fingerprint density at radius 1 is 1.26 bits per heavy atom. The number of hydrogen-bond donors (Lipinski definition) is 1. The molecule has 1 N–H and O–H groups in total. The van der Waals surface area contributed by atoms with Crippen LogP contribution in [-0.4, -0.2) is 11.5 Å². The molecule has 3 heteroatoms. The molecule has 1 saturated carbocycles. The fourth-order valence-corrected chi connectivity index (χ4v) is 4.77. The quantitative estimate of drug-likeness (QED) is 0.883. The van der Waals surface area contributed by atoms with E-state index in [1.807, 2.05) is 11.3 Å². The van der Waals surface area contributed by atoms with E-state index in [0.29, 0.717) is 5.41 Å². The lowest BCUT2D eigenvalue weighted by atomic mass is 9.68. The van der Waals surface area contributed by atoms with E-state index in [1.165, 1.54) is 41.3 Å². The highest BCUT2D eigenvalue weighted by molar-refractivity contribution is 7.11. The zero-order valence-electron chi connectivity index (χ0n) is 13.1. The van der Waals surface area contributed by atoms with Crippen LogP contribution in [0, 0.1) is 12.3 Å².